The second-order valence-electron chi connectivity index (χ2n) is 6.37. The largest absolute Gasteiger partial charge is 0.462 e. The van der Waals surface area contributed by atoms with Crippen molar-refractivity contribution in [1.29, 1.82) is 10.5 Å². The van der Waals surface area contributed by atoms with Gasteiger partial charge in [0.25, 0.3) is 0 Å². The lowest BCUT2D eigenvalue weighted by atomic mass is 9.98. The van der Waals surface area contributed by atoms with Gasteiger partial charge in [0.1, 0.15) is 0 Å². The monoisotopic (exact) mass is 369 g/mol. The summed E-state index contributed by atoms with van der Waals surface area (Å²) in [6.07, 6.45) is 2.81. The molecule has 0 atom stereocenters. The van der Waals surface area contributed by atoms with Crippen LogP contribution in [0, 0.1) is 22.7 Å². The van der Waals surface area contributed by atoms with E-state index in [1.165, 1.54) is 0 Å². The summed E-state index contributed by atoms with van der Waals surface area (Å²) in [7, 11) is 0. The Morgan fingerprint density at radius 3 is 2.18 bits per heavy atom. The first-order valence-electron chi connectivity index (χ1n) is 8.99. The Balaban J connectivity index is 1.95. The molecule has 1 heterocycles. The molecule has 28 heavy (non-hydrogen) atoms. The van der Waals surface area contributed by atoms with Crippen molar-refractivity contribution in [2.75, 3.05) is 6.61 Å². The molecule has 5 heteroatoms. The van der Waals surface area contributed by atoms with E-state index >= 15 is 0 Å². The predicted molar refractivity (Wildman–Crippen MR) is 105 cm³/mol. The van der Waals surface area contributed by atoms with Gasteiger partial charge < -0.3 is 9.72 Å². The number of nitrogens with one attached hydrogen (secondary N) is 1. The highest BCUT2D eigenvalue weighted by atomic mass is 16.5. The Kier molecular flexibility index (Phi) is 5.89. The minimum Gasteiger partial charge on any atom is -0.462 e. The van der Waals surface area contributed by atoms with Crippen LogP contribution in [0.1, 0.15) is 50.8 Å². The molecule has 0 radical (unpaired) electrons. The molecule has 138 valence electrons. The summed E-state index contributed by atoms with van der Waals surface area (Å²) in [6.45, 7) is 2.06. The van der Waals surface area contributed by atoms with Crippen LogP contribution in [0.2, 0.25) is 0 Å². The molecule has 2 aromatic carbocycles. The van der Waals surface area contributed by atoms with E-state index in [0.717, 1.165) is 22.4 Å². The summed E-state index contributed by atoms with van der Waals surface area (Å²) < 4.78 is 5.27. The van der Waals surface area contributed by atoms with Crippen molar-refractivity contribution in [3.63, 3.8) is 0 Å². The molecule has 0 bridgehead atoms. The first-order chi connectivity index (χ1) is 13.6. The molecule has 1 aromatic heterocycles. The molecule has 3 rings (SSSR count). The fraction of sp³-hybridized carbons (Fsp3) is 0.174. The number of rotatable bonds is 6. The maximum absolute atomic E-state index is 12.6. The Morgan fingerprint density at radius 1 is 1.00 bits per heavy atom. The van der Waals surface area contributed by atoms with E-state index in [4.69, 9.17) is 15.3 Å². The predicted octanol–water partition coefficient (Wildman–Crippen LogP) is 4.12. The molecule has 1 N–H and O–H groups in total. The highest BCUT2D eigenvalue weighted by molar-refractivity contribution is 5.92. The summed E-state index contributed by atoms with van der Waals surface area (Å²) in [5.41, 5.74) is 5.13. The fourth-order valence-electron chi connectivity index (χ4n) is 3.17. The van der Waals surface area contributed by atoms with Crippen LogP contribution in [0.15, 0.2) is 54.7 Å². The molecule has 0 aliphatic rings. The lowest BCUT2D eigenvalue weighted by Gasteiger charge is -2.08. The Bertz CT molecular complexity index is 1010. The van der Waals surface area contributed by atoms with E-state index in [1.54, 1.807) is 19.1 Å². The van der Waals surface area contributed by atoms with Gasteiger partial charge in [-0.25, -0.2) is 4.79 Å². The van der Waals surface area contributed by atoms with Crippen LogP contribution in [0.4, 0.5) is 0 Å². The summed E-state index contributed by atoms with van der Waals surface area (Å²) >= 11 is 0. The molecular formula is C23H19N3O2. The first kappa shape index (κ1) is 18.9. The molecule has 5 nitrogen and oxygen atoms in total. The zero-order chi connectivity index (χ0) is 19.9. The number of hydrogen-bond donors (Lipinski definition) is 1. The van der Waals surface area contributed by atoms with Crippen molar-refractivity contribution in [1.82, 2.24) is 4.98 Å². The third-order valence-electron chi connectivity index (χ3n) is 4.41. The number of carbonyl (C=O) groups is 1. The number of hydrogen-bond acceptors (Lipinski definition) is 4. The van der Waals surface area contributed by atoms with E-state index in [1.807, 2.05) is 42.6 Å². The number of benzene rings is 2. The maximum Gasteiger partial charge on any atom is 0.340 e. The minimum atomic E-state index is -0.373. The average molecular weight is 369 g/mol. The number of nitrogens with zero attached hydrogens (tertiary/aromatic N) is 2. The van der Waals surface area contributed by atoms with Gasteiger partial charge in [-0.1, -0.05) is 24.3 Å². The van der Waals surface area contributed by atoms with Crippen molar-refractivity contribution in [2.45, 2.75) is 19.8 Å². The molecule has 0 saturated carbocycles. The molecule has 0 fully saturated rings. The maximum atomic E-state index is 12.6. The summed E-state index contributed by atoms with van der Waals surface area (Å²) in [5, 5.41) is 18.2. The van der Waals surface area contributed by atoms with Gasteiger partial charge in [-0.15, -0.1) is 0 Å². The number of aromatic nitrogens is 1. The first-order valence-corrected chi connectivity index (χ1v) is 8.99. The van der Waals surface area contributed by atoms with Gasteiger partial charge in [0.2, 0.25) is 0 Å². The number of esters is 1. The Hall–Kier alpha value is -3.83. The van der Waals surface area contributed by atoms with Gasteiger partial charge in [0.15, 0.2) is 0 Å². The van der Waals surface area contributed by atoms with Crippen molar-refractivity contribution in [3.8, 4) is 12.1 Å². The number of nitriles is 2. The SMILES string of the molecule is CCOC(=O)c1c(Cc2cccc(C#N)c2)c[nH]c1Cc1cccc(C#N)c1. The summed E-state index contributed by atoms with van der Waals surface area (Å²) in [4.78, 5) is 15.8. The zero-order valence-electron chi connectivity index (χ0n) is 15.5. The molecule has 0 saturated heterocycles. The molecular weight excluding hydrogens is 350 g/mol. The van der Waals surface area contributed by atoms with Gasteiger partial charge in [-0.3, -0.25) is 0 Å². The van der Waals surface area contributed by atoms with Crippen molar-refractivity contribution < 1.29 is 9.53 Å². The van der Waals surface area contributed by atoms with Crippen LogP contribution in [-0.2, 0) is 17.6 Å². The van der Waals surface area contributed by atoms with Crippen LogP contribution in [0.3, 0.4) is 0 Å². The molecule has 0 spiro atoms. The van der Waals surface area contributed by atoms with Crippen molar-refractivity contribution >= 4 is 5.97 Å². The van der Waals surface area contributed by atoms with Gasteiger partial charge >= 0.3 is 5.97 Å². The number of H-pyrrole nitrogens is 1. The summed E-state index contributed by atoms with van der Waals surface area (Å²) in [6, 6.07) is 18.9. The van der Waals surface area contributed by atoms with E-state index < -0.39 is 0 Å². The fourth-order valence-corrected chi connectivity index (χ4v) is 3.17. The van der Waals surface area contributed by atoms with Crippen molar-refractivity contribution in [3.05, 3.63) is 93.8 Å². The average Bonchev–Trinajstić information content (AvgIpc) is 3.10. The van der Waals surface area contributed by atoms with E-state index in [9.17, 15) is 4.79 Å². The van der Waals surface area contributed by atoms with Crippen LogP contribution in [0.5, 0.6) is 0 Å². The molecule has 0 aliphatic carbocycles. The van der Waals surface area contributed by atoms with Crippen molar-refractivity contribution in [2.24, 2.45) is 0 Å². The van der Waals surface area contributed by atoms with Gasteiger partial charge in [0.05, 0.1) is 35.4 Å². The standard InChI is InChI=1S/C23H19N3O2/c1-2-28-23(27)22-20(11-16-5-3-7-18(9-16)13-24)15-26-21(22)12-17-6-4-8-19(10-17)14-25/h3-10,15,26H,2,11-12H2,1H3. The molecule has 0 aliphatic heterocycles. The quantitative estimate of drug-likeness (QED) is 0.662. The van der Waals surface area contributed by atoms with Crippen LogP contribution in [-0.4, -0.2) is 17.6 Å². The number of ether oxygens (including phenoxy) is 1. The lowest BCUT2D eigenvalue weighted by Crippen LogP contribution is -2.10. The summed E-state index contributed by atoms with van der Waals surface area (Å²) in [5.74, 6) is -0.373. The topological polar surface area (TPSA) is 89.7 Å². The van der Waals surface area contributed by atoms with Crippen LogP contribution in [0.25, 0.3) is 0 Å². The van der Waals surface area contributed by atoms with E-state index in [0.29, 0.717) is 29.5 Å². The third-order valence-corrected chi connectivity index (χ3v) is 4.41. The molecule has 3 aromatic rings. The zero-order valence-corrected chi connectivity index (χ0v) is 15.5. The molecule has 0 amide bonds. The number of aromatic amines is 1. The Labute approximate surface area is 163 Å². The number of carbonyl (C=O) groups excluding carboxylic acids is 1. The normalized spacial score (nSPS) is 10.1. The lowest BCUT2D eigenvalue weighted by molar-refractivity contribution is 0.0524. The smallest absolute Gasteiger partial charge is 0.340 e. The van der Waals surface area contributed by atoms with E-state index in [2.05, 4.69) is 17.1 Å². The van der Waals surface area contributed by atoms with Crippen LogP contribution >= 0.6 is 0 Å². The van der Waals surface area contributed by atoms with Gasteiger partial charge in [0, 0.05) is 18.3 Å². The Morgan fingerprint density at radius 2 is 1.61 bits per heavy atom. The van der Waals surface area contributed by atoms with Gasteiger partial charge in [-0.05, 0) is 54.3 Å². The second-order valence-corrected chi connectivity index (χ2v) is 6.37. The minimum absolute atomic E-state index is 0.288. The van der Waals surface area contributed by atoms with E-state index in [-0.39, 0.29) is 12.6 Å². The highest BCUT2D eigenvalue weighted by Crippen LogP contribution is 2.23. The van der Waals surface area contributed by atoms with Crippen LogP contribution < -0.4 is 0 Å². The molecule has 0 unspecified atom stereocenters. The third kappa shape index (κ3) is 4.28. The second kappa shape index (κ2) is 8.70. The van der Waals surface area contributed by atoms with Gasteiger partial charge in [-0.2, -0.15) is 10.5 Å². The highest BCUT2D eigenvalue weighted by Gasteiger charge is 2.20.